The lowest BCUT2D eigenvalue weighted by Gasteiger charge is -2.10. The van der Waals surface area contributed by atoms with Crippen molar-refractivity contribution in [3.8, 4) is 0 Å². The van der Waals surface area contributed by atoms with E-state index in [-0.39, 0.29) is 11.8 Å². The summed E-state index contributed by atoms with van der Waals surface area (Å²) >= 11 is 1.17. The van der Waals surface area contributed by atoms with Crippen LogP contribution in [0.25, 0.3) is 0 Å². The first kappa shape index (κ1) is 11.1. The van der Waals surface area contributed by atoms with E-state index in [0.717, 1.165) is 6.42 Å². The van der Waals surface area contributed by atoms with E-state index in [4.69, 9.17) is 5.73 Å². The van der Waals surface area contributed by atoms with Gasteiger partial charge < -0.3 is 11.1 Å². The van der Waals surface area contributed by atoms with Crippen molar-refractivity contribution in [2.45, 2.75) is 19.8 Å². The van der Waals surface area contributed by atoms with Gasteiger partial charge in [0.1, 0.15) is 5.00 Å². The fraction of sp³-hybridized carbons (Fsp3) is 0.625. The lowest BCUT2D eigenvalue weighted by atomic mass is 10.0. The van der Waals surface area contributed by atoms with Gasteiger partial charge in [0.25, 0.3) is 0 Å². The number of carbonyl (C=O) groups excluding carboxylic acids is 1. The summed E-state index contributed by atoms with van der Waals surface area (Å²) in [6.07, 6.45) is 2.92. The maximum absolute atomic E-state index is 11.4. The van der Waals surface area contributed by atoms with Crippen LogP contribution in [0.5, 0.6) is 0 Å². The Balaban J connectivity index is 2.35. The molecule has 0 radical (unpaired) electrons. The fourth-order valence-electron chi connectivity index (χ4n) is 1.07. The van der Waals surface area contributed by atoms with Gasteiger partial charge in [0.2, 0.25) is 5.91 Å². The third-order valence-corrected chi connectivity index (χ3v) is 2.59. The molecular formula is C8H14N4OS. The topological polar surface area (TPSA) is 80.9 Å². The first-order valence-electron chi connectivity index (χ1n) is 4.53. The van der Waals surface area contributed by atoms with E-state index in [1.165, 1.54) is 17.7 Å². The van der Waals surface area contributed by atoms with Gasteiger partial charge in [-0.1, -0.05) is 17.8 Å². The van der Waals surface area contributed by atoms with E-state index >= 15 is 0 Å². The Morgan fingerprint density at radius 3 is 3.07 bits per heavy atom. The van der Waals surface area contributed by atoms with E-state index in [0.29, 0.717) is 18.0 Å². The van der Waals surface area contributed by atoms with E-state index < -0.39 is 0 Å². The molecule has 1 amide bonds. The SMILES string of the molecule is CCC(CN)CC(=O)Nc1cnns1. The monoisotopic (exact) mass is 214 g/mol. The number of hydrogen-bond donors (Lipinski definition) is 2. The van der Waals surface area contributed by atoms with Gasteiger partial charge >= 0.3 is 0 Å². The molecule has 0 fully saturated rings. The highest BCUT2D eigenvalue weighted by molar-refractivity contribution is 7.10. The van der Waals surface area contributed by atoms with E-state index in [9.17, 15) is 4.79 Å². The Hall–Kier alpha value is -1.01. The molecule has 0 aromatic carbocycles. The predicted octanol–water partition coefficient (Wildman–Crippen LogP) is 0.852. The third-order valence-electron chi connectivity index (χ3n) is 2.01. The molecule has 0 bridgehead atoms. The molecule has 0 aliphatic carbocycles. The van der Waals surface area contributed by atoms with Crippen LogP contribution in [0.2, 0.25) is 0 Å². The quantitative estimate of drug-likeness (QED) is 0.761. The van der Waals surface area contributed by atoms with Crippen LogP contribution in [-0.2, 0) is 4.79 Å². The van der Waals surface area contributed by atoms with Crippen molar-refractivity contribution < 1.29 is 4.79 Å². The minimum absolute atomic E-state index is 0.0200. The van der Waals surface area contributed by atoms with Gasteiger partial charge in [0.15, 0.2) is 0 Å². The third kappa shape index (κ3) is 3.39. The maximum atomic E-state index is 11.4. The molecule has 0 spiro atoms. The number of nitrogens with two attached hydrogens (primary N) is 1. The van der Waals surface area contributed by atoms with Crippen LogP contribution in [0.4, 0.5) is 5.00 Å². The van der Waals surface area contributed by atoms with Crippen LogP contribution in [0.15, 0.2) is 6.20 Å². The second kappa shape index (κ2) is 5.66. The largest absolute Gasteiger partial charge is 0.330 e. The first-order chi connectivity index (χ1) is 6.76. The molecule has 1 unspecified atom stereocenters. The Kier molecular flexibility index (Phi) is 4.48. The van der Waals surface area contributed by atoms with Crippen LogP contribution in [0.1, 0.15) is 19.8 Å². The summed E-state index contributed by atoms with van der Waals surface area (Å²) in [6, 6.07) is 0. The summed E-state index contributed by atoms with van der Waals surface area (Å²) in [6.45, 7) is 2.57. The van der Waals surface area contributed by atoms with E-state index in [1.807, 2.05) is 6.92 Å². The number of hydrogen-bond acceptors (Lipinski definition) is 5. The molecule has 78 valence electrons. The smallest absolute Gasteiger partial charge is 0.225 e. The number of amides is 1. The van der Waals surface area contributed by atoms with Gasteiger partial charge in [0, 0.05) is 18.0 Å². The summed E-state index contributed by atoms with van der Waals surface area (Å²) in [7, 11) is 0. The van der Waals surface area contributed by atoms with Crippen LogP contribution in [0.3, 0.4) is 0 Å². The summed E-state index contributed by atoms with van der Waals surface area (Å²) in [4.78, 5) is 11.4. The van der Waals surface area contributed by atoms with Crippen molar-refractivity contribution in [1.82, 2.24) is 9.59 Å². The highest BCUT2D eigenvalue weighted by Gasteiger charge is 2.11. The average molecular weight is 214 g/mol. The minimum atomic E-state index is -0.0200. The van der Waals surface area contributed by atoms with Crippen LogP contribution >= 0.6 is 11.5 Å². The standard InChI is InChI=1S/C8H14N4OS/c1-2-6(4-9)3-7(13)11-8-5-10-12-14-8/h5-6H,2-4,9H2,1H3,(H,11,13). The molecule has 1 aromatic rings. The molecule has 0 saturated carbocycles. The normalized spacial score (nSPS) is 12.4. The maximum Gasteiger partial charge on any atom is 0.225 e. The van der Waals surface area contributed by atoms with Crippen molar-refractivity contribution in [3.05, 3.63) is 6.20 Å². The van der Waals surface area contributed by atoms with Crippen molar-refractivity contribution in [3.63, 3.8) is 0 Å². The molecule has 1 atom stereocenters. The minimum Gasteiger partial charge on any atom is -0.330 e. The van der Waals surface area contributed by atoms with Crippen LogP contribution < -0.4 is 11.1 Å². The second-order valence-electron chi connectivity index (χ2n) is 3.04. The van der Waals surface area contributed by atoms with Gasteiger partial charge in [-0.05, 0) is 12.5 Å². The lowest BCUT2D eigenvalue weighted by Crippen LogP contribution is -2.21. The number of nitrogens with zero attached hydrogens (tertiary/aromatic N) is 2. The zero-order valence-corrected chi connectivity index (χ0v) is 8.88. The zero-order valence-electron chi connectivity index (χ0n) is 8.06. The van der Waals surface area contributed by atoms with Gasteiger partial charge in [-0.3, -0.25) is 4.79 Å². The molecule has 0 aliphatic heterocycles. The molecule has 5 nitrogen and oxygen atoms in total. The average Bonchev–Trinajstić information content (AvgIpc) is 2.66. The zero-order chi connectivity index (χ0) is 10.4. The Bertz CT molecular complexity index is 271. The van der Waals surface area contributed by atoms with E-state index in [1.54, 1.807) is 0 Å². The van der Waals surface area contributed by atoms with Crippen LogP contribution in [0, 0.1) is 5.92 Å². The molecule has 1 rings (SSSR count). The Morgan fingerprint density at radius 1 is 1.79 bits per heavy atom. The van der Waals surface area contributed by atoms with Gasteiger partial charge in [-0.2, -0.15) is 0 Å². The Labute approximate surface area is 86.9 Å². The molecular weight excluding hydrogens is 200 g/mol. The van der Waals surface area contributed by atoms with Crippen molar-refractivity contribution in [1.29, 1.82) is 0 Å². The molecule has 14 heavy (non-hydrogen) atoms. The molecule has 1 heterocycles. The molecule has 6 heteroatoms. The summed E-state index contributed by atoms with van der Waals surface area (Å²) < 4.78 is 3.65. The van der Waals surface area contributed by atoms with Crippen molar-refractivity contribution >= 4 is 22.4 Å². The number of nitrogens with one attached hydrogen (secondary N) is 1. The van der Waals surface area contributed by atoms with Gasteiger partial charge in [-0.25, -0.2) is 0 Å². The number of carbonyl (C=O) groups is 1. The second-order valence-corrected chi connectivity index (χ2v) is 3.83. The fourth-order valence-corrected chi connectivity index (χ4v) is 1.50. The van der Waals surface area contributed by atoms with Gasteiger partial charge in [-0.15, -0.1) is 5.10 Å². The van der Waals surface area contributed by atoms with Crippen molar-refractivity contribution in [2.75, 3.05) is 11.9 Å². The molecule has 0 aliphatic rings. The van der Waals surface area contributed by atoms with E-state index in [2.05, 4.69) is 14.9 Å². The highest BCUT2D eigenvalue weighted by Crippen LogP contribution is 2.12. The van der Waals surface area contributed by atoms with Crippen molar-refractivity contribution in [2.24, 2.45) is 11.7 Å². The van der Waals surface area contributed by atoms with Crippen LogP contribution in [-0.4, -0.2) is 22.0 Å². The lowest BCUT2D eigenvalue weighted by molar-refractivity contribution is -0.117. The number of rotatable bonds is 5. The molecule has 3 N–H and O–H groups in total. The summed E-state index contributed by atoms with van der Waals surface area (Å²) in [5.74, 6) is 0.240. The summed E-state index contributed by atoms with van der Waals surface area (Å²) in [5.41, 5.74) is 5.50. The molecule has 1 aromatic heterocycles. The first-order valence-corrected chi connectivity index (χ1v) is 5.30. The molecule has 0 saturated heterocycles. The number of anilines is 1. The predicted molar refractivity (Wildman–Crippen MR) is 56.0 cm³/mol. The number of aromatic nitrogens is 2. The van der Waals surface area contributed by atoms with Gasteiger partial charge in [0.05, 0.1) is 6.20 Å². The summed E-state index contributed by atoms with van der Waals surface area (Å²) in [5, 5.41) is 7.03. The highest BCUT2D eigenvalue weighted by atomic mass is 32.1. The Morgan fingerprint density at radius 2 is 2.57 bits per heavy atom.